The Morgan fingerprint density at radius 2 is 2.08 bits per heavy atom. The molecule has 2 N–H and O–H groups in total. The van der Waals surface area contributed by atoms with E-state index in [4.69, 9.17) is 4.55 Å². The highest BCUT2D eigenvalue weighted by Gasteiger charge is 2.27. The molecule has 10 heteroatoms. The fourth-order valence-corrected chi connectivity index (χ4v) is 4.94. The Bertz CT molecular complexity index is 856. The number of nitro groups is 1. The zero-order valence-electron chi connectivity index (χ0n) is 12.7. The molecule has 2 aromatic heterocycles. The first-order chi connectivity index (χ1) is 11.3. The molecule has 2 heterocycles. The Labute approximate surface area is 142 Å². The Morgan fingerprint density at radius 1 is 1.38 bits per heavy atom. The predicted octanol–water partition coefficient (Wildman–Crippen LogP) is 3.06. The molecule has 8 nitrogen and oxygen atoms in total. The largest absolute Gasteiger partial charge is 0.375 e. The molecule has 0 bridgehead atoms. The number of fused-ring (bicyclic) bond motifs is 1. The quantitative estimate of drug-likeness (QED) is 0.470. The topological polar surface area (TPSA) is 122 Å². The van der Waals surface area contributed by atoms with Crippen LogP contribution in [0.3, 0.4) is 0 Å². The summed E-state index contributed by atoms with van der Waals surface area (Å²) in [6.07, 6.45) is 3.98. The van der Waals surface area contributed by atoms with Crippen molar-refractivity contribution in [1.82, 2.24) is 4.98 Å². The summed E-state index contributed by atoms with van der Waals surface area (Å²) in [7, 11) is -3.96. The summed E-state index contributed by atoms with van der Waals surface area (Å²) in [4.78, 5) is 14.9. The van der Waals surface area contributed by atoms with Crippen LogP contribution in [0.2, 0.25) is 0 Å². The number of thiophene rings is 1. The molecule has 0 amide bonds. The minimum atomic E-state index is -3.96. The van der Waals surface area contributed by atoms with Crippen molar-refractivity contribution in [2.45, 2.75) is 31.7 Å². The maximum absolute atomic E-state index is 11.3. The van der Waals surface area contributed by atoms with Crippen LogP contribution in [0.5, 0.6) is 0 Å². The van der Waals surface area contributed by atoms with Gasteiger partial charge in [-0.3, -0.25) is 14.7 Å². The zero-order chi connectivity index (χ0) is 17.3. The normalized spacial score (nSPS) is 21.7. The molecule has 0 atom stereocenters. The fraction of sp³-hybridized carbons (Fsp3) is 0.500. The summed E-state index contributed by atoms with van der Waals surface area (Å²) >= 11 is 1.40. The Balaban J connectivity index is 1.75. The molecule has 1 aliphatic rings. The lowest BCUT2D eigenvalue weighted by atomic mass is 9.87. The number of rotatable bonds is 5. The first-order valence-electron chi connectivity index (χ1n) is 7.56. The van der Waals surface area contributed by atoms with Gasteiger partial charge in [-0.25, -0.2) is 4.98 Å². The van der Waals surface area contributed by atoms with Gasteiger partial charge in [-0.15, -0.1) is 11.3 Å². The minimum absolute atomic E-state index is 0.0362. The molecule has 1 aliphatic carbocycles. The highest BCUT2D eigenvalue weighted by molar-refractivity contribution is 7.85. The maximum Gasteiger partial charge on any atom is 0.311 e. The van der Waals surface area contributed by atoms with Gasteiger partial charge < -0.3 is 5.32 Å². The molecule has 130 valence electrons. The molecular formula is C14H17N3O5S2. The zero-order valence-corrected chi connectivity index (χ0v) is 14.3. The summed E-state index contributed by atoms with van der Waals surface area (Å²) in [5.74, 6) is -0.281. The average molecular weight is 371 g/mol. The lowest BCUT2D eigenvalue weighted by molar-refractivity contribution is -0.384. The highest BCUT2D eigenvalue weighted by atomic mass is 32.2. The van der Waals surface area contributed by atoms with E-state index in [2.05, 4.69) is 10.3 Å². The molecule has 3 rings (SSSR count). The molecule has 2 aromatic rings. The molecule has 0 unspecified atom stereocenters. The van der Waals surface area contributed by atoms with Crippen LogP contribution in [0.15, 0.2) is 17.6 Å². The fourth-order valence-electron chi connectivity index (χ4n) is 3.16. The molecule has 0 aliphatic heterocycles. The van der Waals surface area contributed by atoms with E-state index in [0.717, 1.165) is 4.70 Å². The van der Waals surface area contributed by atoms with Crippen LogP contribution in [0.1, 0.15) is 25.7 Å². The van der Waals surface area contributed by atoms with Crippen LogP contribution in [-0.2, 0) is 10.1 Å². The second-order valence-corrected chi connectivity index (χ2v) is 8.43. The van der Waals surface area contributed by atoms with E-state index < -0.39 is 15.0 Å². The number of pyridine rings is 1. The molecule has 1 saturated carbocycles. The van der Waals surface area contributed by atoms with Crippen molar-refractivity contribution in [1.29, 1.82) is 0 Å². The number of hydrogen-bond acceptors (Lipinski definition) is 7. The van der Waals surface area contributed by atoms with Crippen molar-refractivity contribution in [3.05, 3.63) is 27.8 Å². The third kappa shape index (κ3) is 3.82. The SMILES string of the molecule is O=[N+]([O-])c1cnc2ccsc2c1NC1CCC(CS(=O)(=O)O)CC1. The highest BCUT2D eigenvalue weighted by Crippen LogP contribution is 2.37. The van der Waals surface area contributed by atoms with Gasteiger partial charge in [0.25, 0.3) is 10.1 Å². The van der Waals surface area contributed by atoms with Gasteiger partial charge in [0.15, 0.2) is 0 Å². The second kappa shape index (κ2) is 6.61. The van der Waals surface area contributed by atoms with E-state index in [9.17, 15) is 18.5 Å². The molecule has 0 aromatic carbocycles. The molecule has 1 fully saturated rings. The van der Waals surface area contributed by atoms with E-state index in [1.165, 1.54) is 17.5 Å². The van der Waals surface area contributed by atoms with Gasteiger partial charge >= 0.3 is 5.69 Å². The number of aromatic nitrogens is 1. The first kappa shape index (κ1) is 17.1. The lowest BCUT2D eigenvalue weighted by Crippen LogP contribution is -2.29. The molecule has 0 spiro atoms. The number of anilines is 1. The average Bonchev–Trinajstić information content (AvgIpc) is 2.96. The predicted molar refractivity (Wildman–Crippen MR) is 92.1 cm³/mol. The Kier molecular flexibility index (Phi) is 4.70. The van der Waals surface area contributed by atoms with Crippen LogP contribution in [0.25, 0.3) is 10.2 Å². The van der Waals surface area contributed by atoms with Crippen LogP contribution in [0.4, 0.5) is 11.4 Å². The summed E-state index contributed by atoms with van der Waals surface area (Å²) in [6, 6.07) is 1.85. The first-order valence-corrected chi connectivity index (χ1v) is 10.0. The monoisotopic (exact) mass is 371 g/mol. The summed E-state index contributed by atoms with van der Waals surface area (Å²) < 4.78 is 31.6. The smallest absolute Gasteiger partial charge is 0.311 e. The van der Waals surface area contributed by atoms with Gasteiger partial charge in [0.1, 0.15) is 11.9 Å². The van der Waals surface area contributed by atoms with Crippen LogP contribution in [0, 0.1) is 16.0 Å². The van der Waals surface area contributed by atoms with Gasteiger partial charge in [0.2, 0.25) is 0 Å². The van der Waals surface area contributed by atoms with Gasteiger partial charge in [-0.1, -0.05) is 0 Å². The van der Waals surface area contributed by atoms with E-state index >= 15 is 0 Å². The number of nitrogens with zero attached hydrogens (tertiary/aromatic N) is 2. The van der Waals surface area contributed by atoms with Gasteiger partial charge in [0, 0.05) is 6.04 Å². The minimum Gasteiger partial charge on any atom is -0.375 e. The van der Waals surface area contributed by atoms with Gasteiger partial charge in [-0.05, 0) is 43.0 Å². The summed E-state index contributed by atoms with van der Waals surface area (Å²) in [5.41, 5.74) is 1.15. The third-order valence-corrected chi connectivity index (χ3v) is 6.11. The van der Waals surface area contributed by atoms with Crippen molar-refractivity contribution in [2.24, 2.45) is 5.92 Å². The van der Waals surface area contributed by atoms with E-state index in [-0.39, 0.29) is 23.4 Å². The second-order valence-electron chi connectivity index (χ2n) is 6.02. The Hall–Kier alpha value is -1.78. The maximum atomic E-state index is 11.3. The van der Waals surface area contributed by atoms with E-state index in [0.29, 0.717) is 36.9 Å². The van der Waals surface area contributed by atoms with Gasteiger partial charge in [-0.2, -0.15) is 8.42 Å². The Morgan fingerprint density at radius 3 is 2.71 bits per heavy atom. The standard InChI is InChI=1S/C14H17N3O5S2/c18-17(19)12-7-15-11-5-6-23-14(11)13(12)16-10-3-1-9(2-4-10)8-24(20,21)22/h5-7,9-10H,1-4,8H2,(H,15,16)(H,20,21,22). The molecular weight excluding hydrogens is 354 g/mol. The number of nitrogens with one attached hydrogen (secondary N) is 1. The lowest BCUT2D eigenvalue weighted by Gasteiger charge is -2.29. The van der Waals surface area contributed by atoms with Crippen molar-refractivity contribution < 1.29 is 17.9 Å². The molecule has 24 heavy (non-hydrogen) atoms. The van der Waals surface area contributed by atoms with Gasteiger partial charge in [0.05, 0.1) is 20.9 Å². The third-order valence-electron chi connectivity index (χ3n) is 4.29. The molecule has 0 radical (unpaired) electrons. The number of hydrogen-bond donors (Lipinski definition) is 2. The van der Waals surface area contributed by atoms with Crippen molar-refractivity contribution in [3.8, 4) is 0 Å². The van der Waals surface area contributed by atoms with E-state index in [1.54, 1.807) is 0 Å². The molecule has 0 saturated heterocycles. The van der Waals surface area contributed by atoms with Crippen molar-refractivity contribution in [3.63, 3.8) is 0 Å². The summed E-state index contributed by atoms with van der Waals surface area (Å²) in [5, 5.41) is 16.4. The van der Waals surface area contributed by atoms with Crippen LogP contribution >= 0.6 is 11.3 Å². The van der Waals surface area contributed by atoms with Crippen LogP contribution in [-0.4, -0.2) is 34.7 Å². The summed E-state index contributed by atoms with van der Waals surface area (Å²) in [6.45, 7) is 0. The van der Waals surface area contributed by atoms with Crippen molar-refractivity contribution in [2.75, 3.05) is 11.1 Å². The van der Waals surface area contributed by atoms with Crippen LogP contribution < -0.4 is 5.32 Å². The van der Waals surface area contributed by atoms with E-state index in [1.807, 2.05) is 11.4 Å². The van der Waals surface area contributed by atoms with Crippen molar-refractivity contribution >= 4 is 43.0 Å².